The number of rotatable bonds is 7. The maximum atomic E-state index is 12.9. The predicted molar refractivity (Wildman–Crippen MR) is 100.0 cm³/mol. The molecule has 134 valence electrons. The zero-order chi connectivity index (χ0) is 18.4. The van der Waals surface area contributed by atoms with Crippen molar-refractivity contribution in [3.63, 3.8) is 0 Å². The van der Waals surface area contributed by atoms with Gasteiger partial charge in [-0.25, -0.2) is 13.1 Å². The van der Waals surface area contributed by atoms with Gasteiger partial charge in [0.15, 0.2) is 0 Å². The SMILES string of the molecule is CCN(CC)C(=O)c1ccccc1C(NS(C)(=O)=O)c1ccccc1. The Morgan fingerprint density at radius 3 is 2.12 bits per heavy atom. The summed E-state index contributed by atoms with van der Waals surface area (Å²) in [5, 5.41) is 0. The van der Waals surface area contributed by atoms with Gasteiger partial charge in [-0.2, -0.15) is 0 Å². The first-order valence-corrected chi connectivity index (χ1v) is 10.2. The predicted octanol–water partition coefficient (Wildman–Crippen LogP) is 2.81. The van der Waals surface area contributed by atoms with E-state index in [-0.39, 0.29) is 5.91 Å². The van der Waals surface area contributed by atoms with Gasteiger partial charge in [0.25, 0.3) is 5.91 Å². The Bertz CT molecular complexity index is 816. The normalized spacial score (nSPS) is 12.6. The lowest BCUT2D eigenvalue weighted by Gasteiger charge is -2.24. The number of carbonyl (C=O) groups excluding carboxylic acids is 1. The van der Waals surface area contributed by atoms with E-state index in [0.717, 1.165) is 11.8 Å². The number of nitrogens with one attached hydrogen (secondary N) is 1. The highest BCUT2D eigenvalue weighted by Gasteiger charge is 2.24. The minimum Gasteiger partial charge on any atom is -0.339 e. The Morgan fingerprint density at radius 2 is 1.56 bits per heavy atom. The highest BCUT2D eigenvalue weighted by molar-refractivity contribution is 7.88. The van der Waals surface area contributed by atoms with E-state index in [4.69, 9.17) is 0 Å². The molecule has 0 radical (unpaired) electrons. The highest BCUT2D eigenvalue weighted by atomic mass is 32.2. The molecule has 2 aromatic rings. The first kappa shape index (κ1) is 19.1. The van der Waals surface area contributed by atoms with Crippen LogP contribution in [0.5, 0.6) is 0 Å². The van der Waals surface area contributed by atoms with Gasteiger partial charge in [-0.1, -0.05) is 48.5 Å². The van der Waals surface area contributed by atoms with Gasteiger partial charge < -0.3 is 4.90 Å². The molecule has 0 saturated carbocycles. The van der Waals surface area contributed by atoms with Gasteiger partial charge in [-0.3, -0.25) is 4.79 Å². The van der Waals surface area contributed by atoms with Gasteiger partial charge in [0, 0.05) is 18.7 Å². The van der Waals surface area contributed by atoms with Crippen molar-refractivity contribution in [3.05, 3.63) is 71.3 Å². The van der Waals surface area contributed by atoms with E-state index >= 15 is 0 Å². The molecular formula is C19H24N2O3S. The number of amides is 1. The third-order valence-electron chi connectivity index (χ3n) is 4.02. The van der Waals surface area contributed by atoms with Crippen molar-refractivity contribution < 1.29 is 13.2 Å². The van der Waals surface area contributed by atoms with Crippen molar-refractivity contribution in [3.8, 4) is 0 Å². The van der Waals surface area contributed by atoms with Crippen LogP contribution in [0.1, 0.15) is 41.4 Å². The van der Waals surface area contributed by atoms with Gasteiger partial charge in [0.05, 0.1) is 12.3 Å². The van der Waals surface area contributed by atoms with E-state index in [9.17, 15) is 13.2 Å². The van der Waals surface area contributed by atoms with Gasteiger partial charge >= 0.3 is 0 Å². The minimum absolute atomic E-state index is 0.100. The number of hydrogen-bond acceptors (Lipinski definition) is 3. The molecule has 0 aliphatic rings. The van der Waals surface area contributed by atoms with Gasteiger partial charge in [0.2, 0.25) is 10.0 Å². The summed E-state index contributed by atoms with van der Waals surface area (Å²) < 4.78 is 26.5. The molecule has 0 aromatic heterocycles. The van der Waals surface area contributed by atoms with Gasteiger partial charge in [-0.15, -0.1) is 0 Å². The zero-order valence-corrected chi connectivity index (χ0v) is 15.6. The molecule has 2 rings (SSSR count). The van der Waals surface area contributed by atoms with Crippen molar-refractivity contribution in [1.29, 1.82) is 0 Å². The summed E-state index contributed by atoms with van der Waals surface area (Å²) in [6.45, 7) is 5.04. The quantitative estimate of drug-likeness (QED) is 0.826. The number of nitrogens with zero attached hydrogens (tertiary/aromatic N) is 1. The molecule has 0 aliphatic carbocycles. The molecule has 5 nitrogen and oxygen atoms in total. The fourth-order valence-electron chi connectivity index (χ4n) is 2.80. The van der Waals surface area contributed by atoms with E-state index in [1.165, 1.54) is 0 Å². The molecule has 1 unspecified atom stereocenters. The van der Waals surface area contributed by atoms with Crippen LogP contribution in [0.15, 0.2) is 54.6 Å². The summed E-state index contributed by atoms with van der Waals surface area (Å²) in [6.07, 6.45) is 1.12. The van der Waals surface area contributed by atoms with Gasteiger partial charge in [-0.05, 0) is 31.0 Å². The first-order chi connectivity index (χ1) is 11.9. The largest absolute Gasteiger partial charge is 0.339 e. The van der Waals surface area contributed by atoms with Crippen LogP contribution >= 0.6 is 0 Å². The van der Waals surface area contributed by atoms with Gasteiger partial charge in [0.1, 0.15) is 0 Å². The summed E-state index contributed by atoms with van der Waals surface area (Å²) in [5.41, 5.74) is 1.94. The molecule has 0 bridgehead atoms. The average Bonchev–Trinajstić information content (AvgIpc) is 2.60. The van der Waals surface area contributed by atoms with E-state index < -0.39 is 16.1 Å². The fraction of sp³-hybridized carbons (Fsp3) is 0.316. The lowest BCUT2D eigenvalue weighted by atomic mass is 9.94. The third-order valence-corrected chi connectivity index (χ3v) is 4.68. The van der Waals surface area contributed by atoms with Crippen molar-refractivity contribution >= 4 is 15.9 Å². The molecule has 1 amide bonds. The molecular weight excluding hydrogens is 336 g/mol. The van der Waals surface area contributed by atoms with Crippen molar-refractivity contribution in [2.24, 2.45) is 0 Å². The van der Waals surface area contributed by atoms with Crippen molar-refractivity contribution in [2.45, 2.75) is 19.9 Å². The molecule has 0 spiro atoms. The monoisotopic (exact) mass is 360 g/mol. The Morgan fingerprint density at radius 1 is 1.00 bits per heavy atom. The second-order valence-corrected chi connectivity index (χ2v) is 7.58. The minimum atomic E-state index is -3.47. The van der Waals surface area contributed by atoms with E-state index in [1.807, 2.05) is 50.2 Å². The Hall–Kier alpha value is -2.18. The van der Waals surface area contributed by atoms with Crippen LogP contribution in [0.4, 0.5) is 0 Å². The third kappa shape index (κ3) is 4.90. The van der Waals surface area contributed by atoms with Crippen LogP contribution in [-0.2, 0) is 10.0 Å². The second kappa shape index (κ2) is 8.27. The van der Waals surface area contributed by atoms with E-state index in [0.29, 0.717) is 24.2 Å². The lowest BCUT2D eigenvalue weighted by Crippen LogP contribution is -2.34. The summed E-state index contributed by atoms with van der Waals surface area (Å²) in [6, 6.07) is 15.8. The number of carbonyl (C=O) groups is 1. The molecule has 0 saturated heterocycles. The highest BCUT2D eigenvalue weighted by Crippen LogP contribution is 2.26. The number of hydrogen-bond donors (Lipinski definition) is 1. The van der Waals surface area contributed by atoms with Crippen LogP contribution in [0.3, 0.4) is 0 Å². The first-order valence-electron chi connectivity index (χ1n) is 8.27. The summed E-state index contributed by atoms with van der Waals surface area (Å²) in [4.78, 5) is 14.6. The van der Waals surface area contributed by atoms with Crippen LogP contribution in [0.2, 0.25) is 0 Å². The number of sulfonamides is 1. The lowest BCUT2D eigenvalue weighted by molar-refractivity contribution is 0.0771. The van der Waals surface area contributed by atoms with Crippen LogP contribution in [0, 0.1) is 0 Å². The molecule has 6 heteroatoms. The molecule has 2 aromatic carbocycles. The van der Waals surface area contributed by atoms with Crippen LogP contribution in [-0.4, -0.2) is 38.6 Å². The fourth-order valence-corrected chi connectivity index (χ4v) is 3.49. The van der Waals surface area contributed by atoms with E-state index in [1.54, 1.807) is 23.1 Å². The standard InChI is InChI=1S/C19H24N2O3S/c1-4-21(5-2)19(22)17-14-10-9-13-16(17)18(20-25(3,23)24)15-11-7-6-8-12-15/h6-14,18,20H,4-5H2,1-3H3. The smallest absolute Gasteiger partial charge is 0.254 e. The van der Waals surface area contributed by atoms with Crippen molar-refractivity contribution in [2.75, 3.05) is 19.3 Å². The molecule has 0 heterocycles. The average molecular weight is 360 g/mol. The Balaban J connectivity index is 2.57. The van der Waals surface area contributed by atoms with Crippen LogP contribution in [0.25, 0.3) is 0 Å². The molecule has 0 fully saturated rings. The summed E-state index contributed by atoms with van der Waals surface area (Å²) in [5.74, 6) is -0.100. The number of benzene rings is 2. The molecule has 1 N–H and O–H groups in total. The van der Waals surface area contributed by atoms with E-state index in [2.05, 4.69) is 4.72 Å². The van der Waals surface area contributed by atoms with Crippen molar-refractivity contribution in [1.82, 2.24) is 9.62 Å². The molecule has 1 atom stereocenters. The second-order valence-electron chi connectivity index (χ2n) is 5.80. The van der Waals surface area contributed by atoms with Crippen LogP contribution < -0.4 is 4.72 Å². The molecule has 0 aliphatic heterocycles. The Kier molecular flexibility index (Phi) is 6.33. The summed E-state index contributed by atoms with van der Waals surface area (Å²) >= 11 is 0. The maximum absolute atomic E-state index is 12.9. The zero-order valence-electron chi connectivity index (χ0n) is 14.8. The topological polar surface area (TPSA) is 66.5 Å². The molecule has 25 heavy (non-hydrogen) atoms. The Labute approximate surface area is 149 Å². The summed E-state index contributed by atoms with van der Waals surface area (Å²) in [7, 11) is -3.47. The maximum Gasteiger partial charge on any atom is 0.254 e.